The topological polar surface area (TPSA) is 94.6 Å². The van der Waals surface area contributed by atoms with Gasteiger partial charge >= 0.3 is 0 Å². The van der Waals surface area contributed by atoms with Crippen LogP contribution >= 0.6 is 0 Å². The van der Waals surface area contributed by atoms with Crippen LogP contribution in [0, 0.1) is 12.8 Å². The van der Waals surface area contributed by atoms with E-state index in [0.29, 0.717) is 24.2 Å². The molecule has 1 aromatic heterocycles. The Hall–Kier alpha value is -3.39. The number of amides is 1. The van der Waals surface area contributed by atoms with Crippen molar-refractivity contribution in [2.24, 2.45) is 5.92 Å². The molecule has 0 spiro atoms. The summed E-state index contributed by atoms with van der Waals surface area (Å²) in [6, 6.07) is 18.3. The number of aromatic nitrogens is 1. The van der Waals surface area contributed by atoms with Crippen LogP contribution in [-0.4, -0.2) is 32.2 Å². The summed E-state index contributed by atoms with van der Waals surface area (Å²) in [7, 11) is -3.60. The number of carbonyl (C=O) groups is 1. The Bertz CT molecular complexity index is 1250. The molecule has 1 saturated carbocycles. The number of hydrogen-bond acceptors (Lipinski definition) is 6. The maximum Gasteiger partial charge on any atom is 0.264 e. The van der Waals surface area contributed by atoms with Crippen molar-refractivity contribution in [1.29, 1.82) is 0 Å². The van der Waals surface area contributed by atoms with Gasteiger partial charge in [-0.3, -0.25) is 4.79 Å². The molecule has 2 aromatic carbocycles. The van der Waals surface area contributed by atoms with Crippen LogP contribution in [0.1, 0.15) is 34.5 Å². The van der Waals surface area contributed by atoms with Gasteiger partial charge in [-0.15, -0.1) is 0 Å². The smallest absolute Gasteiger partial charge is 0.264 e. The minimum Gasteiger partial charge on any atom is -0.489 e. The van der Waals surface area contributed by atoms with Gasteiger partial charge in [-0.1, -0.05) is 24.3 Å². The van der Waals surface area contributed by atoms with E-state index < -0.39 is 15.9 Å². The van der Waals surface area contributed by atoms with Crippen LogP contribution in [0.15, 0.2) is 60.7 Å². The quantitative estimate of drug-likeness (QED) is 0.510. The van der Waals surface area contributed by atoms with E-state index in [1.165, 1.54) is 12.8 Å². The Balaban J connectivity index is 1.38. The number of nitrogens with one attached hydrogen (secondary N) is 1. The molecule has 0 radical (unpaired) electrons. The molecule has 4 rings (SSSR count). The summed E-state index contributed by atoms with van der Waals surface area (Å²) in [4.78, 5) is 16.5. The Morgan fingerprint density at radius 1 is 1.06 bits per heavy atom. The minimum atomic E-state index is -3.60. The van der Waals surface area contributed by atoms with E-state index in [2.05, 4.69) is 4.98 Å². The molecule has 1 fully saturated rings. The molecule has 8 heteroatoms. The number of ether oxygens (including phenoxy) is 2. The van der Waals surface area contributed by atoms with Crippen molar-refractivity contribution in [1.82, 2.24) is 9.71 Å². The minimum absolute atomic E-state index is 0.263. The largest absolute Gasteiger partial charge is 0.489 e. The van der Waals surface area contributed by atoms with E-state index >= 15 is 0 Å². The molecule has 1 aliphatic rings. The third-order valence-electron chi connectivity index (χ3n) is 5.27. The zero-order valence-electron chi connectivity index (χ0n) is 18.6. The third kappa shape index (κ3) is 6.55. The van der Waals surface area contributed by atoms with E-state index in [1.54, 1.807) is 24.3 Å². The fourth-order valence-electron chi connectivity index (χ4n) is 3.31. The van der Waals surface area contributed by atoms with Gasteiger partial charge in [-0.2, -0.15) is 0 Å². The maximum atomic E-state index is 11.9. The molecule has 1 aliphatic carbocycles. The lowest BCUT2D eigenvalue weighted by Crippen LogP contribution is -2.29. The molecule has 33 heavy (non-hydrogen) atoms. The Kier molecular flexibility index (Phi) is 6.65. The normalized spacial score (nSPS) is 13.4. The fourth-order valence-corrected chi connectivity index (χ4v) is 3.77. The summed E-state index contributed by atoms with van der Waals surface area (Å²) in [6.45, 7) is 3.01. The lowest BCUT2D eigenvalue weighted by Gasteiger charge is -2.11. The Morgan fingerprint density at radius 2 is 1.82 bits per heavy atom. The second-order valence-electron chi connectivity index (χ2n) is 8.25. The first-order valence-electron chi connectivity index (χ1n) is 10.7. The van der Waals surface area contributed by atoms with E-state index in [1.807, 2.05) is 48.0 Å². The standard InChI is InChI=1S/C25H26N2O5S/c1-17-23(12-13-24(26-17)32-16-18-6-7-18)21-4-3-5-22(14-21)31-15-19-8-10-20(11-9-19)25(28)27-33(2,29)30/h3-5,8-14,18H,6-7,15-16H2,1-2H3,(H,27,28). The maximum absolute atomic E-state index is 11.9. The van der Waals surface area contributed by atoms with Gasteiger partial charge in [-0.25, -0.2) is 18.1 Å². The lowest BCUT2D eigenvalue weighted by atomic mass is 10.0. The lowest BCUT2D eigenvalue weighted by molar-refractivity contribution is 0.0981. The second kappa shape index (κ2) is 9.62. The fraction of sp³-hybridized carbons (Fsp3) is 0.280. The number of aryl methyl sites for hydroxylation is 1. The molecule has 0 bridgehead atoms. The molecular formula is C25H26N2O5S. The van der Waals surface area contributed by atoms with Crippen LogP contribution in [0.4, 0.5) is 0 Å². The average molecular weight is 467 g/mol. The zero-order valence-corrected chi connectivity index (χ0v) is 19.4. The Labute approximate surface area is 193 Å². The van der Waals surface area contributed by atoms with Gasteiger partial charge in [0.15, 0.2) is 0 Å². The van der Waals surface area contributed by atoms with Crippen molar-refractivity contribution in [3.63, 3.8) is 0 Å². The van der Waals surface area contributed by atoms with E-state index in [9.17, 15) is 13.2 Å². The van der Waals surface area contributed by atoms with Gasteiger partial charge in [0.1, 0.15) is 12.4 Å². The van der Waals surface area contributed by atoms with Crippen molar-refractivity contribution >= 4 is 15.9 Å². The summed E-state index contributed by atoms with van der Waals surface area (Å²) in [5.41, 5.74) is 4.02. The van der Waals surface area contributed by atoms with Crippen molar-refractivity contribution in [3.05, 3.63) is 77.5 Å². The van der Waals surface area contributed by atoms with Gasteiger partial charge < -0.3 is 9.47 Å². The SMILES string of the molecule is Cc1nc(OCC2CC2)ccc1-c1cccc(OCc2ccc(C(=O)NS(C)(=O)=O)cc2)c1. The first kappa shape index (κ1) is 22.8. The Morgan fingerprint density at radius 3 is 2.48 bits per heavy atom. The molecule has 0 saturated heterocycles. The highest BCUT2D eigenvalue weighted by Crippen LogP contribution is 2.31. The van der Waals surface area contributed by atoms with Crippen LogP contribution in [0.3, 0.4) is 0 Å². The highest BCUT2D eigenvalue weighted by Gasteiger charge is 2.22. The number of benzene rings is 2. The number of sulfonamides is 1. The number of nitrogens with zero attached hydrogens (tertiary/aromatic N) is 1. The van der Waals surface area contributed by atoms with Crippen LogP contribution in [-0.2, 0) is 16.6 Å². The first-order valence-corrected chi connectivity index (χ1v) is 12.6. The summed E-state index contributed by atoms with van der Waals surface area (Å²) in [5, 5.41) is 0. The van der Waals surface area contributed by atoms with Crippen LogP contribution in [0.5, 0.6) is 11.6 Å². The van der Waals surface area contributed by atoms with Crippen molar-refractivity contribution < 1.29 is 22.7 Å². The van der Waals surface area contributed by atoms with E-state index in [-0.39, 0.29) is 5.56 Å². The molecule has 172 valence electrons. The van der Waals surface area contributed by atoms with E-state index in [4.69, 9.17) is 9.47 Å². The summed E-state index contributed by atoms with van der Waals surface area (Å²) < 4.78 is 36.0. The molecule has 3 aromatic rings. The predicted molar refractivity (Wildman–Crippen MR) is 126 cm³/mol. The molecular weight excluding hydrogens is 440 g/mol. The molecule has 1 N–H and O–H groups in total. The van der Waals surface area contributed by atoms with Crippen LogP contribution in [0.2, 0.25) is 0 Å². The third-order valence-corrected chi connectivity index (χ3v) is 5.83. The van der Waals surface area contributed by atoms with Crippen LogP contribution in [0.25, 0.3) is 11.1 Å². The molecule has 1 amide bonds. The average Bonchev–Trinajstić information content (AvgIpc) is 3.60. The van der Waals surface area contributed by atoms with Gasteiger partial charge in [-0.05, 0) is 67.1 Å². The zero-order chi connectivity index (χ0) is 23.4. The van der Waals surface area contributed by atoms with Gasteiger partial charge in [0.05, 0.1) is 12.9 Å². The molecule has 0 aliphatic heterocycles. The van der Waals surface area contributed by atoms with Gasteiger partial charge in [0.25, 0.3) is 5.91 Å². The van der Waals surface area contributed by atoms with Crippen molar-refractivity contribution in [3.8, 4) is 22.8 Å². The summed E-state index contributed by atoms with van der Waals surface area (Å²) in [6.07, 6.45) is 3.43. The number of hydrogen-bond donors (Lipinski definition) is 1. The highest BCUT2D eigenvalue weighted by atomic mass is 32.2. The molecule has 0 atom stereocenters. The summed E-state index contributed by atoms with van der Waals surface area (Å²) in [5.74, 6) is 1.39. The van der Waals surface area contributed by atoms with E-state index in [0.717, 1.165) is 35.2 Å². The summed E-state index contributed by atoms with van der Waals surface area (Å²) >= 11 is 0. The van der Waals surface area contributed by atoms with Crippen LogP contribution < -0.4 is 14.2 Å². The van der Waals surface area contributed by atoms with Crippen molar-refractivity contribution in [2.75, 3.05) is 12.9 Å². The monoisotopic (exact) mass is 466 g/mol. The van der Waals surface area contributed by atoms with Gasteiger partial charge in [0.2, 0.25) is 15.9 Å². The second-order valence-corrected chi connectivity index (χ2v) is 10.0. The van der Waals surface area contributed by atoms with Gasteiger partial charge in [0, 0.05) is 22.9 Å². The van der Waals surface area contributed by atoms with Crippen molar-refractivity contribution in [2.45, 2.75) is 26.4 Å². The molecule has 7 nitrogen and oxygen atoms in total. The predicted octanol–water partition coefficient (Wildman–Crippen LogP) is 4.11. The molecule has 1 heterocycles. The number of pyridine rings is 1. The number of rotatable bonds is 9. The first-order chi connectivity index (χ1) is 15.8. The number of carbonyl (C=O) groups excluding carboxylic acids is 1. The molecule has 0 unspecified atom stereocenters. The highest BCUT2D eigenvalue weighted by molar-refractivity contribution is 7.89.